The van der Waals surface area contributed by atoms with Crippen molar-refractivity contribution in [3.05, 3.63) is 84.1 Å². The van der Waals surface area contributed by atoms with Gasteiger partial charge in [0.2, 0.25) is 0 Å². The number of hydrogen-bond donors (Lipinski definition) is 3. The molecule has 2 unspecified atom stereocenters. The molecule has 160 valence electrons. The molecule has 0 fully saturated rings. The zero-order valence-corrected chi connectivity index (χ0v) is 17.9. The predicted octanol–water partition coefficient (Wildman–Crippen LogP) is 1.23. The van der Waals surface area contributed by atoms with Gasteiger partial charge in [-0.2, -0.15) is 0 Å². The number of nitrogens with one attached hydrogen (secondary N) is 3. The maximum absolute atomic E-state index is 12.8. The van der Waals surface area contributed by atoms with E-state index in [2.05, 4.69) is 15.0 Å². The number of amides is 1. The van der Waals surface area contributed by atoms with Gasteiger partial charge in [0, 0.05) is 12.3 Å². The molecular formula is C21H20N4O4S2. The highest BCUT2D eigenvalue weighted by Crippen LogP contribution is 2.24. The first-order valence-electron chi connectivity index (χ1n) is 9.49. The van der Waals surface area contributed by atoms with E-state index in [1.807, 2.05) is 29.0 Å². The molecule has 3 N–H and O–H groups in total. The van der Waals surface area contributed by atoms with E-state index >= 15 is 0 Å². The Labute approximate surface area is 182 Å². The Morgan fingerprint density at radius 3 is 2.45 bits per heavy atom. The second-order valence-corrected chi connectivity index (χ2v) is 9.80. The van der Waals surface area contributed by atoms with Gasteiger partial charge < -0.3 is 5.32 Å². The Bertz CT molecular complexity index is 1200. The van der Waals surface area contributed by atoms with E-state index in [9.17, 15) is 17.4 Å². The molecule has 2 aliphatic rings. The van der Waals surface area contributed by atoms with Gasteiger partial charge in [-0.25, -0.2) is 22.1 Å². The summed E-state index contributed by atoms with van der Waals surface area (Å²) in [5, 5.41) is 3.11. The SMILES string of the molecule is O=C1C=C(c2ccc(CC(NS(=O)c3ccccc3)C3=NCC=CN3)cc2)S(=O)(=O)N1. The zero-order valence-electron chi connectivity index (χ0n) is 16.3. The maximum Gasteiger partial charge on any atom is 0.265 e. The van der Waals surface area contributed by atoms with Gasteiger partial charge in [-0.1, -0.05) is 42.5 Å². The lowest BCUT2D eigenvalue weighted by atomic mass is 10.0. The second kappa shape index (κ2) is 8.96. The quantitative estimate of drug-likeness (QED) is 0.579. The van der Waals surface area contributed by atoms with Gasteiger partial charge in [-0.05, 0) is 35.8 Å². The number of hydrogen-bond acceptors (Lipinski definition) is 6. The molecule has 0 aromatic heterocycles. The number of carbonyl (C=O) groups excluding carboxylic acids is 1. The number of rotatable bonds is 7. The number of carbonyl (C=O) groups is 1. The van der Waals surface area contributed by atoms with Gasteiger partial charge in [0.25, 0.3) is 15.9 Å². The van der Waals surface area contributed by atoms with Crippen LogP contribution in [-0.2, 0) is 32.2 Å². The summed E-state index contributed by atoms with van der Waals surface area (Å²) < 4.78 is 41.9. The van der Waals surface area contributed by atoms with Gasteiger partial charge in [0.15, 0.2) is 0 Å². The first-order valence-corrected chi connectivity index (χ1v) is 12.1. The van der Waals surface area contributed by atoms with Crippen LogP contribution in [0.25, 0.3) is 4.91 Å². The minimum atomic E-state index is -3.82. The molecule has 2 atom stereocenters. The van der Waals surface area contributed by atoms with Crippen molar-refractivity contribution in [1.82, 2.24) is 14.8 Å². The molecule has 0 spiro atoms. The summed E-state index contributed by atoms with van der Waals surface area (Å²) in [5.74, 6) is 0.0212. The van der Waals surface area contributed by atoms with E-state index < -0.39 is 26.9 Å². The van der Waals surface area contributed by atoms with Crippen LogP contribution in [0.5, 0.6) is 0 Å². The lowest BCUT2D eigenvalue weighted by molar-refractivity contribution is -0.114. The van der Waals surface area contributed by atoms with E-state index in [0.29, 0.717) is 29.3 Å². The van der Waals surface area contributed by atoms with Gasteiger partial charge in [0.05, 0.1) is 17.5 Å². The predicted molar refractivity (Wildman–Crippen MR) is 120 cm³/mol. The molecule has 0 saturated carbocycles. The van der Waals surface area contributed by atoms with Crippen LogP contribution < -0.4 is 14.8 Å². The highest BCUT2D eigenvalue weighted by Gasteiger charge is 2.29. The topological polar surface area (TPSA) is 117 Å². The Balaban J connectivity index is 1.54. The molecular weight excluding hydrogens is 436 g/mol. The average molecular weight is 457 g/mol. The van der Waals surface area contributed by atoms with Crippen molar-refractivity contribution < 1.29 is 17.4 Å². The van der Waals surface area contributed by atoms with Crippen molar-refractivity contribution >= 4 is 37.7 Å². The van der Waals surface area contributed by atoms with E-state index in [1.165, 1.54) is 0 Å². The molecule has 10 heteroatoms. The van der Waals surface area contributed by atoms with Crippen molar-refractivity contribution in [3.8, 4) is 0 Å². The van der Waals surface area contributed by atoms with Crippen LogP contribution in [0.4, 0.5) is 0 Å². The fraction of sp³-hybridized carbons (Fsp3) is 0.143. The van der Waals surface area contributed by atoms with Crippen LogP contribution in [0.15, 0.2) is 82.8 Å². The minimum Gasteiger partial charge on any atom is -0.349 e. The number of benzene rings is 2. The summed E-state index contributed by atoms with van der Waals surface area (Å²) in [6.45, 7) is 0.532. The second-order valence-electron chi connectivity index (χ2n) is 6.90. The van der Waals surface area contributed by atoms with E-state index in [1.54, 1.807) is 42.6 Å². The van der Waals surface area contributed by atoms with Gasteiger partial charge >= 0.3 is 0 Å². The zero-order chi connectivity index (χ0) is 21.8. The lowest BCUT2D eigenvalue weighted by Crippen LogP contribution is -2.45. The first-order chi connectivity index (χ1) is 14.9. The largest absolute Gasteiger partial charge is 0.349 e. The van der Waals surface area contributed by atoms with E-state index in [-0.39, 0.29) is 10.9 Å². The Morgan fingerprint density at radius 2 is 1.84 bits per heavy atom. The number of amidine groups is 1. The van der Waals surface area contributed by atoms with E-state index in [4.69, 9.17) is 0 Å². The van der Waals surface area contributed by atoms with Crippen LogP contribution in [-0.4, -0.2) is 37.0 Å². The smallest absolute Gasteiger partial charge is 0.265 e. The van der Waals surface area contributed by atoms with Crippen molar-refractivity contribution in [1.29, 1.82) is 0 Å². The molecule has 8 nitrogen and oxygen atoms in total. The summed E-state index contributed by atoms with van der Waals surface area (Å²) in [7, 11) is -5.26. The Morgan fingerprint density at radius 1 is 1.10 bits per heavy atom. The van der Waals surface area contributed by atoms with Crippen molar-refractivity contribution in [2.24, 2.45) is 4.99 Å². The summed E-state index contributed by atoms with van der Waals surface area (Å²) in [6.07, 6.45) is 5.23. The third kappa shape index (κ3) is 4.98. The monoisotopic (exact) mass is 456 g/mol. The first kappa shape index (κ1) is 21.2. The van der Waals surface area contributed by atoms with Crippen LogP contribution in [0, 0.1) is 0 Å². The molecule has 2 aromatic carbocycles. The molecule has 0 aliphatic carbocycles. The van der Waals surface area contributed by atoms with Crippen molar-refractivity contribution in [2.45, 2.75) is 17.4 Å². The summed E-state index contributed by atoms with van der Waals surface area (Å²) in [6, 6.07) is 15.6. The fourth-order valence-electron chi connectivity index (χ4n) is 3.23. The highest BCUT2D eigenvalue weighted by atomic mass is 32.2. The summed E-state index contributed by atoms with van der Waals surface area (Å²) in [5.41, 5.74) is 1.32. The van der Waals surface area contributed by atoms with Gasteiger partial charge in [-0.3, -0.25) is 9.79 Å². The Hall–Kier alpha value is -3.08. The van der Waals surface area contributed by atoms with Gasteiger partial charge in [0.1, 0.15) is 21.7 Å². The standard InChI is InChI=1S/C21H20N4O4S2/c26-20-14-19(31(28,29)25-20)16-9-7-15(8-10-16)13-18(21-22-11-4-12-23-21)24-30(27)17-5-2-1-3-6-17/h1-11,14,18,24H,12-13H2,(H,22,23)(H,25,26). The third-order valence-corrected chi connectivity index (χ3v) is 7.32. The third-order valence-electron chi connectivity index (χ3n) is 4.72. The fourth-order valence-corrected chi connectivity index (χ4v) is 5.37. The minimum absolute atomic E-state index is 0.0487. The van der Waals surface area contributed by atoms with Crippen LogP contribution in [0.3, 0.4) is 0 Å². The maximum atomic E-state index is 12.8. The normalized spacial score (nSPS) is 19.0. The van der Waals surface area contributed by atoms with Crippen molar-refractivity contribution in [3.63, 3.8) is 0 Å². The number of aliphatic imine (C=N–C) groups is 1. The summed E-state index contributed by atoms with van der Waals surface area (Å²) >= 11 is 0. The molecule has 2 aromatic rings. The lowest BCUT2D eigenvalue weighted by Gasteiger charge is -2.22. The molecule has 0 saturated heterocycles. The van der Waals surface area contributed by atoms with Crippen LogP contribution in [0.1, 0.15) is 11.1 Å². The number of sulfonamides is 1. The molecule has 2 aliphatic heterocycles. The highest BCUT2D eigenvalue weighted by molar-refractivity contribution is 7.99. The number of nitrogens with zero attached hydrogens (tertiary/aromatic N) is 1. The summed E-state index contributed by atoms with van der Waals surface area (Å²) in [4.78, 5) is 16.5. The van der Waals surface area contributed by atoms with Crippen LogP contribution in [0.2, 0.25) is 0 Å². The van der Waals surface area contributed by atoms with Gasteiger partial charge in [-0.15, -0.1) is 0 Å². The van der Waals surface area contributed by atoms with E-state index in [0.717, 1.165) is 11.6 Å². The molecule has 2 heterocycles. The Kier molecular flexibility index (Phi) is 6.12. The molecule has 4 rings (SSSR count). The molecule has 0 bridgehead atoms. The van der Waals surface area contributed by atoms with Crippen molar-refractivity contribution in [2.75, 3.05) is 6.54 Å². The molecule has 31 heavy (non-hydrogen) atoms. The van der Waals surface area contributed by atoms with Crippen LogP contribution >= 0.6 is 0 Å². The average Bonchev–Trinajstić information content (AvgIpc) is 3.06. The molecule has 1 amide bonds. The molecule has 0 radical (unpaired) electrons.